The van der Waals surface area contributed by atoms with E-state index in [0.29, 0.717) is 17.9 Å². The van der Waals surface area contributed by atoms with Gasteiger partial charge in [-0.1, -0.05) is 29.4 Å². The highest BCUT2D eigenvalue weighted by Crippen LogP contribution is 2.23. The second-order valence-corrected chi connectivity index (χ2v) is 7.44. The van der Waals surface area contributed by atoms with Crippen LogP contribution in [0.5, 0.6) is 5.75 Å². The van der Waals surface area contributed by atoms with Gasteiger partial charge >= 0.3 is 0 Å². The summed E-state index contributed by atoms with van der Waals surface area (Å²) in [5.74, 6) is 1.09. The van der Waals surface area contributed by atoms with Gasteiger partial charge in [0, 0.05) is 4.90 Å². The molecule has 3 aromatic rings. The number of para-hydroxylation sites is 1. The first kappa shape index (κ1) is 20.0. The van der Waals surface area contributed by atoms with Crippen LogP contribution in [0.2, 0.25) is 0 Å². The summed E-state index contributed by atoms with van der Waals surface area (Å²) >= 11 is 1.69. The van der Waals surface area contributed by atoms with E-state index in [1.807, 2.05) is 51.3 Å². The van der Waals surface area contributed by atoms with Crippen molar-refractivity contribution in [1.29, 1.82) is 0 Å². The molecule has 6 heteroatoms. The maximum absolute atomic E-state index is 12.8. The third-order valence-corrected chi connectivity index (χ3v) is 5.39. The molecule has 0 saturated heterocycles. The highest BCUT2D eigenvalue weighted by atomic mass is 32.2. The number of rotatable bonds is 7. The SMILES string of the molecule is CSc1ccc(C(C)NC(=O)c2ccccc2OCc2c(C)noc2C)cc1. The van der Waals surface area contributed by atoms with Crippen LogP contribution in [0.1, 0.15) is 45.9 Å². The molecule has 3 rings (SSSR count). The number of carbonyl (C=O) groups excluding carboxylic acids is 1. The van der Waals surface area contributed by atoms with Crippen LogP contribution in [0.3, 0.4) is 0 Å². The first-order valence-electron chi connectivity index (χ1n) is 9.08. The van der Waals surface area contributed by atoms with E-state index < -0.39 is 0 Å². The smallest absolute Gasteiger partial charge is 0.255 e. The largest absolute Gasteiger partial charge is 0.488 e. The molecule has 28 heavy (non-hydrogen) atoms. The van der Waals surface area contributed by atoms with Gasteiger partial charge in [0.05, 0.1) is 22.9 Å². The maximum Gasteiger partial charge on any atom is 0.255 e. The van der Waals surface area contributed by atoms with Crippen LogP contribution in [0, 0.1) is 13.8 Å². The molecule has 146 valence electrons. The Balaban J connectivity index is 1.71. The minimum Gasteiger partial charge on any atom is -0.488 e. The molecule has 5 nitrogen and oxygen atoms in total. The third-order valence-electron chi connectivity index (χ3n) is 4.65. The van der Waals surface area contributed by atoms with Crippen molar-refractivity contribution >= 4 is 17.7 Å². The molecular formula is C22H24N2O3S. The molecule has 2 aromatic carbocycles. The lowest BCUT2D eigenvalue weighted by molar-refractivity contribution is 0.0935. The molecule has 1 heterocycles. The van der Waals surface area contributed by atoms with Crippen LogP contribution in [0.15, 0.2) is 57.9 Å². The zero-order chi connectivity index (χ0) is 20.1. The average Bonchev–Trinajstić information content (AvgIpc) is 3.04. The lowest BCUT2D eigenvalue weighted by Gasteiger charge is -2.16. The normalized spacial score (nSPS) is 11.9. The van der Waals surface area contributed by atoms with E-state index in [9.17, 15) is 4.79 Å². The highest BCUT2D eigenvalue weighted by molar-refractivity contribution is 7.98. The molecule has 0 bridgehead atoms. The number of hydrogen-bond donors (Lipinski definition) is 1. The van der Waals surface area contributed by atoms with E-state index in [2.05, 4.69) is 22.6 Å². The number of amides is 1. The molecular weight excluding hydrogens is 372 g/mol. The molecule has 1 unspecified atom stereocenters. The van der Waals surface area contributed by atoms with Gasteiger partial charge in [-0.05, 0) is 56.9 Å². The molecule has 0 aliphatic heterocycles. The first-order chi connectivity index (χ1) is 13.5. The number of aryl methyl sites for hydroxylation is 2. The van der Waals surface area contributed by atoms with Gasteiger partial charge in [-0.2, -0.15) is 0 Å². The summed E-state index contributed by atoms with van der Waals surface area (Å²) in [4.78, 5) is 14.0. The summed E-state index contributed by atoms with van der Waals surface area (Å²) in [7, 11) is 0. The van der Waals surface area contributed by atoms with Gasteiger partial charge in [0.2, 0.25) is 0 Å². The van der Waals surface area contributed by atoms with E-state index in [0.717, 1.165) is 22.6 Å². The van der Waals surface area contributed by atoms with Crippen molar-refractivity contribution in [3.63, 3.8) is 0 Å². The lowest BCUT2D eigenvalue weighted by atomic mass is 10.1. The Kier molecular flexibility index (Phi) is 6.41. The molecule has 0 aliphatic carbocycles. The summed E-state index contributed by atoms with van der Waals surface area (Å²) < 4.78 is 11.1. The predicted molar refractivity (Wildman–Crippen MR) is 111 cm³/mol. The van der Waals surface area contributed by atoms with Gasteiger partial charge in [0.15, 0.2) is 0 Å². The van der Waals surface area contributed by atoms with Crippen molar-refractivity contribution in [3.05, 3.63) is 76.7 Å². The molecule has 0 spiro atoms. The van der Waals surface area contributed by atoms with E-state index in [1.54, 1.807) is 23.9 Å². The number of hydrogen-bond acceptors (Lipinski definition) is 5. The zero-order valence-electron chi connectivity index (χ0n) is 16.5. The maximum atomic E-state index is 12.8. The number of carbonyl (C=O) groups is 1. The van der Waals surface area contributed by atoms with E-state index >= 15 is 0 Å². The Bertz CT molecular complexity index is 931. The fourth-order valence-electron chi connectivity index (χ4n) is 2.89. The lowest BCUT2D eigenvalue weighted by Crippen LogP contribution is -2.27. The van der Waals surface area contributed by atoms with Gasteiger partial charge in [-0.25, -0.2) is 0 Å². The molecule has 1 atom stereocenters. The summed E-state index contributed by atoms with van der Waals surface area (Å²) in [5.41, 5.74) is 3.25. The molecule has 1 N–H and O–H groups in total. The van der Waals surface area contributed by atoms with Crippen molar-refractivity contribution in [2.24, 2.45) is 0 Å². The topological polar surface area (TPSA) is 64.4 Å². The zero-order valence-corrected chi connectivity index (χ0v) is 17.3. The minimum absolute atomic E-state index is 0.112. The number of benzene rings is 2. The molecule has 1 amide bonds. The van der Waals surface area contributed by atoms with Crippen molar-refractivity contribution in [2.45, 2.75) is 38.3 Å². The van der Waals surface area contributed by atoms with E-state index in [-0.39, 0.29) is 11.9 Å². The monoisotopic (exact) mass is 396 g/mol. The molecule has 1 aromatic heterocycles. The van der Waals surface area contributed by atoms with Crippen LogP contribution in [-0.2, 0) is 6.61 Å². The Hall–Kier alpha value is -2.73. The Morgan fingerprint density at radius 2 is 1.89 bits per heavy atom. The van der Waals surface area contributed by atoms with Crippen LogP contribution in [-0.4, -0.2) is 17.3 Å². The van der Waals surface area contributed by atoms with Gasteiger partial charge in [0.25, 0.3) is 5.91 Å². The van der Waals surface area contributed by atoms with E-state index in [4.69, 9.17) is 9.26 Å². The predicted octanol–water partition coefficient (Wildman–Crippen LogP) is 5.08. The fourth-order valence-corrected chi connectivity index (χ4v) is 3.30. The van der Waals surface area contributed by atoms with Gasteiger partial charge in [-0.15, -0.1) is 11.8 Å². The molecule has 0 radical (unpaired) electrons. The number of nitrogens with zero attached hydrogens (tertiary/aromatic N) is 1. The first-order valence-corrected chi connectivity index (χ1v) is 10.3. The Morgan fingerprint density at radius 3 is 2.54 bits per heavy atom. The van der Waals surface area contributed by atoms with Gasteiger partial charge in [0.1, 0.15) is 18.1 Å². The number of ether oxygens (including phenoxy) is 1. The summed E-state index contributed by atoms with van der Waals surface area (Å²) in [5, 5.41) is 6.99. The van der Waals surface area contributed by atoms with Crippen molar-refractivity contribution in [2.75, 3.05) is 6.26 Å². The van der Waals surface area contributed by atoms with Gasteiger partial charge in [-0.3, -0.25) is 4.79 Å². The minimum atomic E-state index is -0.171. The summed E-state index contributed by atoms with van der Waals surface area (Å²) in [6, 6.07) is 15.3. The second-order valence-electron chi connectivity index (χ2n) is 6.56. The average molecular weight is 397 g/mol. The highest BCUT2D eigenvalue weighted by Gasteiger charge is 2.17. The van der Waals surface area contributed by atoms with Crippen LogP contribution >= 0.6 is 11.8 Å². The fraction of sp³-hybridized carbons (Fsp3) is 0.273. The Morgan fingerprint density at radius 1 is 1.18 bits per heavy atom. The van der Waals surface area contributed by atoms with Crippen molar-refractivity contribution < 1.29 is 14.1 Å². The molecule has 0 fully saturated rings. The molecule has 0 saturated carbocycles. The van der Waals surface area contributed by atoms with Crippen molar-refractivity contribution in [1.82, 2.24) is 10.5 Å². The standard InChI is InChI=1S/C22H24N2O3S/c1-14(17-9-11-18(28-4)12-10-17)23-22(25)19-7-5-6-8-21(19)26-13-20-15(2)24-27-16(20)3/h5-12,14H,13H2,1-4H3,(H,23,25). The van der Waals surface area contributed by atoms with Crippen LogP contribution < -0.4 is 10.1 Å². The van der Waals surface area contributed by atoms with Crippen LogP contribution in [0.25, 0.3) is 0 Å². The summed E-state index contributed by atoms with van der Waals surface area (Å²) in [6.45, 7) is 6.00. The van der Waals surface area contributed by atoms with E-state index in [1.165, 1.54) is 4.90 Å². The summed E-state index contributed by atoms with van der Waals surface area (Å²) in [6.07, 6.45) is 2.04. The third kappa shape index (κ3) is 4.57. The van der Waals surface area contributed by atoms with Crippen LogP contribution in [0.4, 0.5) is 0 Å². The molecule has 0 aliphatic rings. The number of aromatic nitrogens is 1. The number of nitrogens with one attached hydrogen (secondary N) is 1. The Labute approximate surface area is 169 Å². The number of thioether (sulfide) groups is 1. The van der Waals surface area contributed by atoms with Gasteiger partial charge < -0.3 is 14.6 Å². The second kappa shape index (κ2) is 8.97. The quantitative estimate of drug-likeness (QED) is 0.564. The van der Waals surface area contributed by atoms with Crippen molar-refractivity contribution in [3.8, 4) is 5.75 Å².